The minimum Gasteiger partial charge on any atom is -0.456 e. The highest BCUT2D eigenvalue weighted by Crippen LogP contribution is 2.29. The highest BCUT2D eigenvalue weighted by Gasteiger charge is 2.09. The molecule has 0 fully saturated rings. The zero-order chi connectivity index (χ0) is 14.8. The molecule has 0 saturated carbocycles. The Hall–Kier alpha value is -3.15. The lowest BCUT2D eigenvalue weighted by Gasteiger charge is -2.07. The Morgan fingerprint density at radius 1 is 1.05 bits per heavy atom. The van der Waals surface area contributed by atoms with E-state index in [1.807, 2.05) is 0 Å². The first-order chi connectivity index (χ1) is 10.1. The minimum absolute atomic E-state index is 0.0280. The lowest BCUT2D eigenvalue weighted by molar-refractivity contribution is -0.384. The van der Waals surface area contributed by atoms with Gasteiger partial charge in [-0.2, -0.15) is 0 Å². The van der Waals surface area contributed by atoms with Crippen molar-refractivity contribution in [2.45, 2.75) is 0 Å². The molecule has 1 aromatic heterocycles. The summed E-state index contributed by atoms with van der Waals surface area (Å²) in [6.07, 6.45) is 0. The van der Waals surface area contributed by atoms with Crippen molar-refractivity contribution in [1.82, 2.24) is 0 Å². The van der Waals surface area contributed by atoms with Gasteiger partial charge in [0.2, 0.25) is 0 Å². The van der Waals surface area contributed by atoms with E-state index in [2.05, 4.69) is 0 Å². The number of ether oxygens (including phenoxy) is 1. The molecule has 6 nitrogen and oxygen atoms in total. The van der Waals surface area contributed by atoms with Crippen molar-refractivity contribution in [1.29, 1.82) is 0 Å². The standard InChI is InChI=1S/C15H9NO5/c17-15-9-14(12-3-1-2-4-13(12)21-15)20-11-7-5-10(6-8-11)16(18)19/h1-9H. The van der Waals surface area contributed by atoms with Crippen LogP contribution in [-0.4, -0.2) is 4.92 Å². The molecule has 0 bridgehead atoms. The number of hydrogen-bond acceptors (Lipinski definition) is 5. The van der Waals surface area contributed by atoms with E-state index in [0.717, 1.165) is 0 Å². The first-order valence-corrected chi connectivity index (χ1v) is 6.09. The quantitative estimate of drug-likeness (QED) is 0.417. The van der Waals surface area contributed by atoms with Gasteiger partial charge in [-0.25, -0.2) is 4.79 Å². The molecule has 0 amide bonds. The van der Waals surface area contributed by atoms with E-state index < -0.39 is 10.5 Å². The second-order valence-corrected chi connectivity index (χ2v) is 4.28. The Labute approximate surface area is 118 Å². The molecule has 0 aliphatic rings. The molecule has 0 N–H and O–H groups in total. The number of rotatable bonds is 3. The molecule has 21 heavy (non-hydrogen) atoms. The lowest BCUT2D eigenvalue weighted by atomic mass is 10.2. The Balaban J connectivity index is 2.01. The molecule has 0 radical (unpaired) electrons. The molecule has 0 aliphatic heterocycles. The normalized spacial score (nSPS) is 10.5. The fraction of sp³-hybridized carbons (Fsp3) is 0. The van der Waals surface area contributed by atoms with Crippen LogP contribution in [0.5, 0.6) is 11.5 Å². The van der Waals surface area contributed by atoms with Crippen molar-refractivity contribution in [3.05, 3.63) is 75.1 Å². The average molecular weight is 283 g/mol. The molecule has 0 aliphatic carbocycles. The molecule has 6 heteroatoms. The summed E-state index contributed by atoms with van der Waals surface area (Å²) in [5, 5.41) is 11.2. The lowest BCUT2D eigenvalue weighted by Crippen LogP contribution is -1.98. The van der Waals surface area contributed by atoms with Crippen molar-refractivity contribution in [3.8, 4) is 11.5 Å². The van der Waals surface area contributed by atoms with E-state index in [-0.39, 0.29) is 5.69 Å². The Morgan fingerprint density at radius 3 is 2.48 bits per heavy atom. The number of nitrogens with zero attached hydrogens (tertiary/aromatic N) is 1. The molecule has 0 saturated heterocycles. The summed E-state index contributed by atoms with van der Waals surface area (Å²) in [4.78, 5) is 21.6. The summed E-state index contributed by atoms with van der Waals surface area (Å²) in [6.45, 7) is 0. The number of fused-ring (bicyclic) bond motifs is 1. The van der Waals surface area contributed by atoms with E-state index in [4.69, 9.17) is 9.15 Å². The maximum Gasteiger partial charge on any atom is 0.339 e. The third kappa shape index (κ3) is 2.59. The zero-order valence-corrected chi connectivity index (χ0v) is 10.7. The first kappa shape index (κ1) is 12.9. The van der Waals surface area contributed by atoms with Crippen LogP contribution in [0.15, 0.2) is 63.8 Å². The van der Waals surface area contributed by atoms with Gasteiger partial charge >= 0.3 is 5.63 Å². The van der Waals surface area contributed by atoms with E-state index in [0.29, 0.717) is 22.5 Å². The van der Waals surface area contributed by atoms with Gasteiger partial charge in [0.25, 0.3) is 5.69 Å². The summed E-state index contributed by atoms with van der Waals surface area (Å²) in [5.74, 6) is 0.743. The average Bonchev–Trinajstić information content (AvgIpc) is 2.47. The van der Waals surface area contributed by atoms with Crippen molar-refractivity contribution in [3.63, 3.8) is 0 Å². The fourth-order valence-corrected chi connectivity index (χ4v) is 1.93. The highest BCUT2D eigenvalue weighted by atomic mass is 16.6. The van der Waals surface area contributed by atoms with Gasteiger partial charge in [0, 0.05) is 12.1 Å². The maximum absolute atomic E-state index is 11.5. The first-order valence-electron chi connectivity index (χ1n) is 6.09. The predicted molar refractivity (Wildman–Crippen MR) is 75.7 cm³/mol. The molecule has 0 unspecified atom stereocenters. The molecule has 1 heterocycles. The smallest absolute Gasteiger partial charge is 0.339 e. The Kier molecular flexibility index (Phi) is 3.12. The van der Waals surface area contributed by atoms with Gasteiger partial charge in [0.15, 0.2) is 0 Å². The van der Waals surface area contributed by atoms with Crippen LogP contribution in [0.1, 0.15) is 0 Å². The van der Waals surface area contributed by atoms with E-state index in [1.165, 1.54) is 30.3 Å². The van der Waals surface area contributed by atoms with Gasteiger partial charge in [0.05, 0.1) is 16.4 Å². The maximum atomic E-state index is 11.5. The summed E-state index contributed by atoms with van der Waals surface area (Å²) in [6, 6.07) is 13.8. The molecule has 104 valence electrons. The van der Waals surface area contributed by atoms with Crippen LogP contribution in [0.3, 0.4) is 0 Å². The largest absolute Gasteiger partial charge is 0.456 e. The summed E-state index contributed by atoms with van der Waals surface area (Å²) in [7, 11) is 0. The van der Waals surface area contributed by atoms with Crippen LogP contribution < -0.4 is 10.4 Å². The number of hydrogen-bond donors (Lipinski definition) is 0. The van der Waals surface area contributed by atoms with Gasteiger partial charge in [-0.1, -0.05) is 12.1 Å². The van der Waals surface area contributed by atoms with Gasteiger partial charge < -0.3 is 9.15 Å². The third-order valence-corrected chi connectivity index (χ3v) is 2.89. The molecule has 0 atom stereocenters. The van der Waals surface area contributed by atoms with Gasteiger partial charge in [-0.05, 0) is 24.3 Å². The van der Waals surface area contributed by atoms with Crippen LogP contribution >= 0.6 is 0 Å². The molecule has 3 aromatic rings. The van der Waals surface area contributed by atoms with Crippen molar-refractivity contribution in [2.24, 2.45) is 0 Å². The molecular formula is C15H9NO5. The van der Waals surface area contributed by atoms with E-state index >= 15 is 0 Å². The topological polar surface area (TPSA) is 82.6 Å². The van der Waals surface area contributed by atoms with Crippen molar-refractivity contribution < 1.29 is 14.1 Å². The molecule has 0 spiro atoms. The van der Waals surface area contributed by atoms with Crippen LogP contribution in [0.25, 0.3) is 11.0 Å². The van der Waals surface area contributed by atoms with Crippen LogP contribution in [0, 0.1) is 10.1 Å². The van der Waals surface area contributed by atoms with Gasteiger partial charge in [0.1, 0.15) is 17.1 Å². The van der Waals surface area contributed by atoms with Crippen LogP contribution in [0.2, 0.25) is 0 Å². The third-order valence-electron chi connectivity index (χ3n) is 2.89. The number of benzene rings is 2. The summed E-state index contributed by atoms with van der Waals surface area (Å²) in [5.41, 5.74) is -0.132. The van der Waals surface area contributed by atoms with Crippen molar-refractivity contribution >= 4 is 16.7 Å². The van der Waals surface area contributed by atoms with Crippen molar-refractivity contribution in [2.75, 3.05) is 0 Å². The number of non-ortho nitro benzene ring substituents is 1. The number of para-hydroxylation sites is 1. The highest BCUT2D eigenvalue weighted by molar-refractivity contribution is 5.83. The zero-order valence-electron chi connectivity index (χ0n) is 10.7. The summed E-state index contributed by atoms with van der Waals surface area (Å²) < 4.78 is 10.7. The minimum atomic E-state index is -0.523. The van der Waals surface area contributed by atoms with E-state index in [9.17, 15) is 14.9 Å². The fourth-order valence-electron chi connectivity index (χ4n) is 1.93. The Bertz CT molecular complexity index is 867. The SMILES string of the molecule is O=c1cc(Oc2ccc([N+](=O)[O-])cc2)c2ccccc2o1. The van der Waals surface area contributed by atoms with Crippen LogP contribution in [-0.2, 0) is 0 Å². The number of nitro benzene ring substituents is 1. The second-order valence-electron chi connectivity index (χ2n) is 4.28. The molecular weight excluding hydrogens is 274 g/mol. The van der Waals surface area contributed by atoms with Crippen LogP contribution in [0.4, 0.5) is 5.69 Å². The van der Waals surface area contributed by atoms with Gasteiger partial charge in [-0.3, -0.25) is 10.1 Å². The summed E-state index contributed by atoms with van der Waals surface area (Å²) >= 11 is 0. The van der Waals surface area contributed by atoms with Gasteiger partial charge in [-0.15, -0.1) is 0 Å². The number of nitro groups is 1. The predicted octanol–water partition coefficient (Wildman–Crippen LogP) is 3.49. The monoisotopic (exact) mass is 283 g/mol. The Morgan fingerprint density at radius 2 is 1.76 bits per heavy atom. The molecule has 3 rings (SSSR count). The van der Waals surface area contributed by atoms with E-state index in [1.54, 1.807) is 24.3 Å². The molecule has 2 aromatic carbocycles. The second kappa shape index (κ2) is 5.09.